The molecule has 6 atom stereocenters. The van der Waals surface area contributed by atoms with Crippen molar-refractivity contribution in [1.82, 2.24) is 0 Å². The molecule has 2 rings (SSSR count). The SMILES string of the molecule is C=C(C)[C@H]1C[C@@]2(C)[C@H](C(=O)[C@@H]1OC(=O)/C(C)=C\C)[C@@H](OC(C)=O)CC[C@@H]2C. The normalized spacial score (nSPS) is 36.6. The third-order valence-corrected chi connectivity index (χ3v) is 6.64. The van der Waals surface area contributed by atoms with E-state index < -0.39 is 24.1 Å². The number of hydrogen-bond donors (Lipinski definition) is 0. The molecule has 0 aromatic heterocycles. The first-order chi connectivity index (χ1) is 12.5. The monoisotopic (exact) mass is 376 g/mol. The average Bonchev–Trinajstić information content (AvgIpc) is 2.58. The molecule has 2 fully saturated rings. The molecule has 0 aliphatic heterocycles. The summed E-state index contributed by atoms with van der Waals surface area (Å²) in [5.74, 6) is -1.42. The molecule has 0 bridgehead atoms. The van der Waals surface area contributed by atoms with Crippen molar-refractivity contribution in [3.05, 3.63) is 23.8 Å². The first-order valence-corrected chi connectivity index (χ1v) is 9.73. The maximum atomic E-state index is 13.5. The predicted molar refractivity (Wildman–Crippen MR) is 103 cm³/mol. The van der Waals surface area contributed by atoms with Gasteiger partial charge in [0.2, 0.25) is 0 Å². The van der Waals surface area contributed by atoms with Crippen molar-refractivity contribution in [2.75, 3.05) is 0 Å². The molecule has 0 radical (unpaired) electrons. The van der Waals surface area contributed by atoms with Crippen LogP contribution in [0.5, 0.6) is 0 Å². The molecule has 0 amide bonds. The van der Waals surface area contributed by atoms with Crippen LogP contribution in [0, 0.1) is 23.2 Å². The van der Waals surface area contributed by atoms with Crippen LogP contribution in [-0.4, -0.2) is 29.9 Å². The fraction of sp³-hybridized carbons (Fsp3) is 0.682. The number of Topliss-reactive ketones (excluding diaryl/α,β-unsaturated/α-hetero) is 1. The fourth-order valence-electron chi connectivity index (χ4n) is 4.67. The minimum atomic E-state index is -0.883. The Kier molecular flexibility index (Phi) is 6.33. The molecular formula is C22H32O5. The van der Waals surface area contributed by atoms with E-state index >= 15 is 0 Å². The van der Waals surface area contributed by atoms with Crippen molar-refractivity contribution >= 4 is 17.7 Å². The average molecular weight is 376 g/mol. The van der Waals surface area contributed by atoms with Crippen molar-refractivity contribution in [2.24, 2.45) is 23.2 Å². The van der Waals surface area contributed by atoms with Gasteiger partial charge in [-0.15, -0.1) is 0 Å². The van der Waals surface area contributed by atoms with Crippen LogP contribution in [0.1, 0.15) is 60.8 Å². The van der Waals surface area contributed by atoms with E-state index in [0.717, 1.165) is 12.0 Å². The largest absolute Gasteiger partial charge is 0.462 e. The smallest absolute Gasteiger partial charge is 0.334 e. The second kappa shape index (κ2) is 7.99. The summed E-state index contributed by atoms with van der Waals surface area (Å²) >= 11 is 0. The van der Waals surface area contributed by atoms with Crippen molar-refractivity contribution in [3.63, 3.8) is 0 Å². The third-order valence-electron chi connectivity index (χ3n) is 6.64. The molecule has 0 aromatic carbocycles. The van der Waals surface area contributed by atoms with Gasteiger partial charge in [0, 0.05) is 18.4 Å². The lowest BCUT2D eigenvalue weighted by Gasteiger charge is -2.54. The molecule has 5 heteroatoms. The maximum absolute atomic E-state index is 13.5. The second-order valence-corrected chi connectivity index (χ2v) is 8.47. The molecule has 0 unspecified atom stereocenters. The highest BCUT2D eigenvalue weighted by Gasteiger charge is 2.59. The lowest BCUT2D eigenvalue weighted by atomic mass is 9.51. The molecule has 0 heterocycles. The Balaban J connectivity index is 2.44. The summed E-state index contributed by atoms with van der Waals surface area (Å²) in [7, 11) is 0. The van der Waals surface area contributed by atoms with Crippen molar-refractivity contribution in [1.29, 1.82) is 0 Å². The summed E-state index contributed by atoms with van der Waals surface area (Å²) in [4.78, 5) is 37.5. The van der Waals surface area contributed by atoms with Gasteiger partial charge < -0.3 is 9.47 Å². The van der Waals surface area contributed by atoms with E-state index in [1.165, 1.54) is 6.92 Å². The minimum absolute atomic E-state index is 0.146. The molecule has 0 spiro atoms. The van der Waals surface area contributed by atoms with Gasteiger partial charge in [-0.1, -0.05) is 32.1 Å². The molecule has 150 valence electrons. The highest BCUT2D eigenvalue weighted by atomic mass is 16.6. The zero-order chi connectivity index (χ0) is 20.5. The van der Waals surface area contributed by atoms with Crippen molar-refractivity contribution < 1.29 is 23.9 Å². The highest BCUT2D eigenvalue weighted by molar-refractivity contribution is 5.94. The molecule has 27 heavy (non-hydrogen) atoms. The van der Waals surface area contributed by atoms with Crippen LogP contribution in [0.15, 0.2) is 23.8 Å². The molecule has 0 N–H and O–H groups in total. The zero-order valence-corrected chi connectivity index (χ0v) is 17.3. The van der Waals surface area contributed by atoms with Crippen molar-refractivity contribution in [3.8, 4) is 0 Å². The first-order valence-electron chi connectivity index (χ1n) is 9.73. The standard InChI is InChI=1S/C22H32O5/c1-8-13(4)21(25)27-20-16(12(2)3)11-22(7)14(5)9-10-17(26-15(6)23)18(22)19(20)24/h8,14,16-18,20H,2,9-11H2,1,3-7H3/b13-8-/t14-,16+,17-,18-,20+,22+/m0/s1. The van der Waals surface area contributed by atoms with Gasteiger partial charge in [0.1, 0.15) is 6.10 Å². The maximum Gasteiger partial charge on any atom is 0.334 e. The lowest BCUT2D eigenvalue weighted by molar-refractivity contribution is -0.183. The van der Waals surface area contributed by atoms with Crippen LogP contribution in [0.4, 0.5) is 0 Å². The van der Waals surface area contributed by atoms with E-state index in [1.807, 2.05) is 6.92 Å². The Morgan fingerprint density at radius 3 is 2.33 bits per heavy atom. The Morgan fingerprint density at radius 1 is 1.19 bits per heavy atom. The lowest BCUT2D eigenvalue weighted by Crippen LogP contribution is -2.60. The number of esters is 2. The van der Waals surface area contributed by atoms with Gasteiger partial charge in [0.25, 0.3) is 0 Å². The molecular weight excluding hydrogens is 344 g/mol. The summed E-state index contributed by atoms with van der Waals surface area (Å²) in [5, 5.41) is 0. The van der Waals surface area contributed by atoms with Crippen LogP contribution < -0.4 is 0 Å². The fourth-order valence-corrected chi connectivity index (χ4v) is 4.67. The number of carbonyl (C=O) groups excluding carboxylic acids is 3. The molecule has 0 aromatic rings. The second-order valence-electron chi connectivity index (χ2n) is 8.47. The quantitative estimate of drug-likeness (QED) is 0.421. The highest BCUT2D eigenvalue weighted by Crippen LogP contribution is 2.55. The van der Waals surface area contributed by atoms with Gasteiger partial charge in [-0.3, -0.25) is 9.59 Å². The van der Waals surface area contributed by atoms with E-state index in [9.17, 15) is 14.4 Å². The minimum Gasteiger partial charge on any atom is -0.462 e. The number of fused-ring (bicyclic) bond motifs is 1. The third kappa shape index (κ3) is 4.02. The number of hydrogen-bond acceptors (Lipinski definition) is 5. The first kappa shape index (κ1) is 21.4. The van der Waals surface area contributed by atoms with E-state index in [4.69, 9.17) is 9.47 Å². The Hall–Kier alpha value is -1.91. The Labute approximate surface area is 162 Å². The number of allylic oxidation sites excluding steroid dienone is 1. The number of ketones is 1. The number of ether oxygens (including phenoxy) is 2. The van der Waals surface area contributed by atoms with Gasteiger partial charge >= 0.3 is 11.9 Å². The summed E-state index contributed by atoms with van der Waals surface area (Å²) in [5.41, 5.74) is 0.975. The summed E-state index contributed by atoms with van der Waals surface area (Å²) in [6.07, 6.45) is 2.55. The van der Waals surface area contributed by atoms with Gasteiger partial charge in [0.05, 0.1) is 5.92 Å². The molecule has 2 saturated carbocycles. The topological polar surface area (TPSA) is 69.7 Å². The molecule has 0 saturated heterocycles. The molecule has 2 aliphatic carbocycles. The predicted octanol–water partition coefficient (Wildman–Crippen LogP) is 4.01. The zero-order valence-electron chi connectivity index (χ0n) is 17.3. The van der Waals surface area contributed by atoms with Crippen LogP contribution >= 0.6 is 0 Å². The number of rotatable bonds is 4. The van der Waals surface area contributed by atoms with E-state index in [2.05, 4.69) is 20.4 Å². The molecule has 2 aliphatic rings. The summed E-state index contributed by atoms with van der Waals surface area (Å²) in [6, 6.07) is 0. The van der Waals surface area contributed by atoms with E-state index in [0.29, 0.717) is 24.3 Å². The van der Waals surface area contributed by atoms with Crippen LogP contribution in [0.3, 0.4) is 0 Å². The van der Waals surface area contributed by atoms with E-state index in [-0.39, 0.29) is 23.1 Å². The Morgan fingerprint density at radius 2 is 1.81 bits per heavy atom. The number of carbonyl (C=O) groups is 3. The summed E-state index contributed by atoms with van der Waals surface area (Å²) in [6.45, 7) is 15.0. The van der Waals surface area contributed by atoms with Crippen LogP contribution in [0.2, 0.25) is 0 Å². The Bertz CT molecular complexity index is 676. The van der Waals surface area contributed by atoms with Crippen LogP contribution in [-0.2, 0) is 23.9 Å². The van der Waals surface area contributed by atoms with Crippen LogP contribution in [0.25, 0.3) is 0 Å². The van der Waals surface area contributed by atoms with Crippen molar-refractivity contribution in [2.45, 2.75) is 73.0 Å². The van der Waals surface area contributed by atoms with Gasteiger partial charge in [0.15, 0.2) is 11.9 Å². The van der Waals surface area contributed by atoms with Gasteiger partial charge in [-0.2, -0.15) is 0 Å². The van der Waals surface area contributed by atoms with Gasteiger partial charge in [-0.25, -0.2) is 4.79 Å². The summed E-state index contributed by atoms with van der Waals surface area (Å²) < 4.78 is 11.2. The van der Waals surface area contributed by atoms with E-state index in [1.54, 1.807) is 19.9 Å². The van der Waals surface area contributed by atoms with Gasteiger partial charge in [-0.05, 0) is 51.4 Å². The molecule has 5 nitrogen and oxygen atoms in total.